The van der Waals surface area contributed by atoms with Crippen molar-refractivity contribution in [3.05, 3.63) is 0 Å². The second-order valence-corrected chi connectivity index (χ2v) is 5.79. The number of ether oxygens (including phenoxy) is 2. The van der Waals surface area contributed by atoms with Gasteiger partial charge in [-0.3, -0.25) is 4.90 Å². The van der Waals surface area contributed by atoms with Gasteiger partial charge in [0.2, 0.25) is 0 Å². The number of hydrogen-bond acceptors (Lipinski definition) is 4. The molecule has 0 spiro atoms. The molecule has 3 atom stereocenters. The number of nitrogens with zero attached hydrogens (tertiary/aromatic N) is 2. The Hall–Kier alpha value is -0.630. The van der Waals surface area contributed by atoms with Crippen molar-refractivity contribution >= 4 is 0 Å². The van der Waals surface area contributed by atoms with Gasteiger partial charge in [0.1, 0.15) is 0 Å². The number of hydrogen-bond donors (Lipinski definition) is 0. The highest BCUT2D eigenvalue weighted by Crippen LogP contribution is 2.34. The third-order valence-corrected chi connectivity index (χ3v) is 4.42. The van der Waals surface area contributed by atoms with Crippen LogP contribution in [0.5, 0.6) is 0 Å². The summed E-state index contributed by atoms with van der Waals surface area (Å²) in [5.41, 5.74) is 0. The Morgan fingerprint density at radius 1 is 1.15 bits per heavy atom. The van der Waals surface area contributed by atoms with Gasteiger partial charge in [-0.05, 0) is 25.2 Å². The van der Waals surface area contributed by atoms with Crippen LogP contribution < -0.4 is 0 Å². The molecule has 0 saturated heterocycles. The molecule has 20 heavy (non-hydrogen) atoms. The molecule has 0 aromatic carbocycles. The molecule has 0 N–H and O–H groups in total. The van der Waals surface area contributed by atoms with Crippen molar-refractivity contribution in [2.75, 3.05) is 40.5 Å². The summed E-state index contributed by atoms with van der Waals surface area (Å²) >= 11 is 0. The van der Waals surface area contributed by atoms with Gasteiger partial charge in [-0.2, -0.15) is 5.26 Å². The maximum atomic E-state index is 9.44. The van der Waals surface area contributed by atoms with Crippen LogP contribution in [0.15, 0.2) is 0 Å². The number of methoxy groups -OCH3 is 2. The van der Waals surface area contributed by atoms with Crippen LogP contribution in [-0.2, 0) is 9.47 Å². The quantitative estimate of drug-likeness (QED) is 0.652. The van der Waals surface area contributed by atoms with Crippen molar-refractivity contribution in [1.82, 2.24) is 4.90 Å². The fourth-order valence-electron chi connectivity index (χ4n) is 3.32. The van der Waals surface area contributed by atoms with E-state index in [1.165, 1.54) is 19.3 Å². The van der Waals surface area contributed by atoms with E-state index in [2.05, 4.69) is 17.9 Å². The van der Waals surface area contributed by atoms with Crippen molar-refractivity contribution in [2.24, 2.45) is 11.8 Å². The van der Waals surface area contributed by atoms with E-state index >= 15 is 0 Å². The minimum atomic E-state index is 0.164. The molecule has 0 radical (unpaired) electrons. The lowest BCUT2D eigenvalue weighted by atomic mass is 9.76. The summed E-state index contributed by atoms with van der Waals surface area (Å²) in [7, 11) is 3.47. The molecular weight excluding hydrogens is 252 g/mol. The summed E-state index contributed by atoms with van der Waals surface area (Å²) in [5.74, 6) is 0.944. The average Bonchev–Trinajstić information content (AvgIpc) is 2.48. The number of rotatable bonds is 9. The fraction of sp³-hybridized carbons (Fsp3) is 0.938. The first-order chi connectivity index (χ1) is 9.76. The third kappa shape index (κ3) is 5.40. The van der Waals surface area contributed by atoms with Gasteiger partial charge in [-0.1, -0.05) is 19.8 Å². The molecule has 0 bridgehead atoms. The predicted molar refractivity (Wildman–Crippen MR) is 80.5 cm³/mol. The summed E-state index contributed by atoms with van der Waals surface area (Å²) in [6.07, 6.45) is 5.94. The SMILES string of the molecule is CCCC1CCC(C#N)C(N(CCOC)CCOC)C1. The molecular formula is C16H30N2O2. The van der Waals surface area contributed by atoms with E-state index in [4.69, 9.17) is 9.47 Å². The standard InChI is InChI=1S/C16H30N2O2/c1-4-5-14-6-7-15(13-17)16(12-14)18(8-10-19-2)9-11-20-3/h14-16H,4-12H2,1-3H3. The molecule has 3 unspecified atom stereocenters. The molecule has 1 aliphatic rings. The maximum absolute atomic E-state index is 9.44. The first-order valence-corrected chi connectivity index (χ1v) is 7.88. The normalized spacial score (nSPS) is 26.6. The zero-order valence-corrected chi connectivity index (χ0v) is 13.3. The maximum Gasteiger partial charge on any atom is 0.0672 e. The van der Waals surface area contributed by atoms with Gasteiger partial charge in [0, 0.05) is 33.4 Å². The fourth-order valence-corrected chi connectivity index (χ4v) is 3.32. The predicted octanol–water partition coefficient (Wildman–Crippen LogP) is 2.69. The molecule has 116 valence electrons. The smallest absolute Gasteiger partial charge is 0.0672 e. The van der Waals surface area contributed by atoms with E-state index in [-0.39, 0.29) is 5.92 Å². The van der Waals surface area contributed by atoms with E-state index < -0.39 is 0 Å². The topological polar surface area (TPSA) is 45.5 Å². The van der Waals surface area contributed by atoms with Crippen LogP contribution in [-0.4, -0.2) is 51.5 Å². The summed E-state index contributed by atoms with van der Waals surface area (Å²) in [4.78, 5) is 2.41. The molecule has 0 heterocycles. The molecule has 1 rings (SSSR count). The lowest BCUT2D eigenvalue weighted by Crippen LogP contribution is -2.46. The van der Waals surface area contributed by atoms with Crippen LogP contribution in [0, 0.1) is 23.2 Å². The van der Waals surface area contributed by atoms with Gasteiger partial charge in [-0.15, -0.1) is 0 Å². The molecule has 0 aromatic heterocycles. The lowest BCUT2D eigenvalue weighted by molar-refractivity contribution is 0.0474. The van der Waals surface area contributed by atoms with Crippen molar-refractivity contribution < 1.29 is 9.47 Å². The van der Waals surface area contributed by atoms with Gasteiger partial charge in [0.25, 0.3) is 0 Å². The molecule has 4 nitrogen and oxygen atoms in total. The minimum Gasteiger partial charge on any atom is -0.383 e. The molecule has 1 aliphatic carbocycles. The molecule has 1 saturated carbocycles. The van der Waals surface area contributed by atoms with Crippen LogP contribution in [0.4, 0.5) is 0 Å². The van der Waals surface area contributed by atoms with Gasteiger partial charge in [0.05, 0.1) is 25.2 Å². The van der Waals surface area contributed by atoms with Crippen LogP contribution in [0.1, 0.15) is 39.0 Å². The highest BCUT2D eigenvalue weighted by molar-refractivity contribution is 4.97. The van der Waals surface area contributed by atoms with Gasteiger partial charge < -0.3 is 9.47 Å². The van der Waals surface area contributed by atoms with Crippen LogP contribution in [0.3, 0.4) is 0 Å². The Morgan fingerprint density at radius 3 is 2.30 bits per heavy atom. The van der Waals surface area contributed by atoms with E-state index in [9.17, 15) is 5.26 Å². The van der Waals surface area contributed by atoms with Crippen molar-refractivity contribution in [2.45, 2.75) is 45.1 Å². The summed E-state index contributed by atoms with van der Waals surface area (Å²) in [6, 6.07) is 2.90. The number of nitriles is 1. The zero-order chi connectivity index (χ0) is 14.8. The Morgan fingerprint density at radius 2 is 1.80 bits per heavy atom. The van der Waals surface area contributed by atoms with Crippen molar-refractivity contribution in [3.63, 3.8) is 0 Å². The minimum absolute atomic E-state index is 0.164. The Labute approximate surface area is 124 Å². The highest BCUT2D eigenvalue weighted by atomic mass is 16.5. The summed E-state index contributed by atoms with van der Waals surface area (Å²) in [5, 5.41) is 9.44. The molecule has 4 heteroatoms. The van der Waals surface area contributed by atoms with Crippen molar-refractivity contribution in [1.29, 1.82) is 5.26 Å². The molecule has 0 aliphatic heterocycles. The first kappa shape index (κ1) is 17.4. The van der Waals surface area contributed by atoms with E-state index in [0.717, 1.165) is 45.1 Å². The first-order valence-electron chi connectivity index (χ1n) is 7.88. The van der Waals surface area contributed by atoms with Crippen LogP contribution >= 0.6 is 0 Å². The Balaban J connectivity index is 2.67. The second-order valence-electron chi connectivity index (χ2n) is 5.79. The van der Waals surface area contributed by atoms with E-state index in [1.807, 2.05) is 0 Å². The molecule has 1 fully saturated rings. The van der Waals surface area contributed by atoms with E-state index in [0.29, 0.717) is 6.04 Å². The largest absolute Gasteiger partial charge is 0.383 e. The van der Waals surface area contributed by atoms with E-state index in [1.54, 1.807) is 14.2 Å². The van der Waals surface area contributed by atoms with Gasteiger partial charge in [0.15, 0.2) is 0 Å². The molecule has 0 aromatic rings. The second kappa shape index (κ2) is 10.1. The third-order valence-electron chi connectivity index (χ3n) is 4.42. The Kier molecular flexibility index (Phi) is 8.84. The summed E-state index contributed by atoms with van der Waals surface area (Å²) < 4.78 is 10.4. The monoisotopic (exact) mass is 282 g/mol. The molecule has 0 amide bonds. The van der Waals surface area contributed by atoms with Crippen molar-refractivity contribution in [3.8, 4) is 6.07 Å². The van der Waals surface area contributed by atoms with Gasteiger partial charge in [-0.25, -0.2) is 0 Å². The van der Waals surface area contributed by atoms with Crippen LogP contribution in [0.2, 0.25) is 0 Å². The van der Waals surface area contributed by atoms with Gasteiger partial charge >= 0.3 is 0 Å². The lowest BCUT2D eigenvalue weighted by Gasteiger charge is -2.40. The highest BCUT2D eigenvalue weighted by Gasteiger charge is 2.33. The average molecular weight is 282 g/mol. The Bertz CT molecular complexity index is 283. The summed E-state index contributed by atoms with van der Waals surface area (Å²) in [6.45, 7) is 5.47. The van der Waals surface area contributed by atoms with Crippen LogP contribution in [0.25, 0.3) is 0 Å². The zero-order valence-electron chi connectivity index (χ0n) is 13.3.